The van der Waals surface area contributed by atoms with E-state index < -0.39 is 12.1 Å². The monoisotopic (exact) mass is 346 g/mol. The molecule has 108 valence electrons. The van der Waals surface area contributed by atoms with Gasteiger partial charge in [-0.05, 0) is 59.8 Å². The average Bonchev–Trinajstić information content (AvgIpc) is 2.40. The molecule has 1 fully saturated rings. The fourth-order valence-electron chi connectivity index (χ4n) is 2.49. The van der Waals surface area contributed by atoms with Crippen molar-refractivity contribution in [3.63, 3.8) is 0 Å². The molecule has 0 saturated heterocycles. The molecule has 0 bridgehead atoms. The first-order chi connectivity index (χ1) is 9.40. The van der Waals surface area contributed by atoms with Gasteiger partial charge >= 0.3 is 6.18 Å². The van der Waals surface area contributed by atoms with Gasteiger partial charge in [0.2, 0.25) is 0 Å². The highest BCUT2D eigenvalue weighted by atomic mass is 79.9. The molecular weight excluding hydrogens is 333 g/mol. The maximum atomic E-state index is 12.6. The van der Waals surface area contributed by atoms with E-state index in [1.54, 1.807) is 18.2 Å². The second-order valence-corrected chi connectivity index (χ2v) is 5.90. The summed E-state index contributed by atoms with van der Waals surface area (Å²) in [6.07, 6.45) is -2.70. The Bertz CT molecular complexity index is 514. The molecule has 0 aliphatic heterocycles. The highest BCUT2D eigenvalue weighted by Crippen LogP contribution is 2.38. The van der Waals surface area contributed by atoms with Gasteiger partial charge in [0.15, 0.2) is 0 Å². The van der Waals surface area contributed by atoms with Crippen LogP contribution in [0.2, 0.25) is 0 Å². The van der Waals surface area contributed by atoms with Crippen LogP contribution in [0.3, 0.4) is 0 Å². The van der Waals surface area contributed by atoms with Crippen molar-refractivity contribution >= 4 is 21.6 Å². The van der Waals surface area contributed by atoms with E-state index >= 15 is 0 Å². The summed E-state index contributed by atoms with van der Waals surface area (Å²) in [5, 5.41) is 12.0. The molecule has 20 heavy (non-hydrogen) atoms. The van der Waals surface area contributed by atoms with Crippen molar-refractivity contribution in [1.29, 1.82) is 5.26 Å². The predicted molar refractivity (Wildman–Crippen MR) is 74.3 cm³/mol. The zero-order valence-corrected chi connectivity index (χ0v) is 12.3. The predicted octanol–water partition coefficient (Wildman–Crippen LogP) is 4.85. The Kier molecular flexibility index (Phi) is 4.59. The summed E-state index contributed by atoms with van der Waals surface area (Å²) in [5.41, 5.74) is 1.36. The molecule has 1 N–H and O–H groups in total. The Labute approximate surface area is 124 Å². The van der Waals surface area contributed by atoms with Crippen LogP contribution in [-0.4, -0.2) is 12.2 Å². The molecule has 6 heteroatoms. The molecule has 1 aliphatic carbocycles. The van der Waals surface area contributed by atoms with Gasteiger partial charge in [0.05, 0.1) is 17.6 Å². The molecule has 2 nitrogen and oxygen atoms in total. The van der Waals surface area contributed by atoms with Crippen molar-refractivity contribution in [2.24, 2.45) is 5.92 Å². The molecule has 0 atom stereocenters. The fraction of sp³-hybridized carbons (Fsp3) is 0.500. The molecule has 0 aromatic heterocycles. The summed E-state index contributed by atoms with van der Waals surface area (Å²) >= 11 is 3.36. The normalized spacial score (nSPS) is 23.1. The van der Waals surface area contributed by atoms with Crippen LogP contribution >= 0.6 is 15.9 Å². The molecule has 0 radical (unpaired) electrons. The molecule has 0 unspecified atom stereocenters. The SMILES string of the molecule is N#Cc1ccc(NC2CCC(C(F)(F)F)CC2)c(Br)c1. The first kappa shape index (κ1) is 15.2. The number of anilines is 1. The maximum absolute atomic E-state index is 12.6. The maximum Gasteiger partial charge on any atom is 0.391 e. The zero-order valence-electron chi connectivity index (χ0n) is 10.7. The lowest BCUT2D eigenvalue weighted by molar-refractivity contribution is -0.182. The molecule has 1 aromatic rings. The average molecular weight is 347 g/mol. The van der Waals surface area contributed by atoms with Crippen molar-refractivity contribution in [2.45, 2.75) is 37.9 Å². The highest BCUT2D eigenvalue weighted by Gasteiger charge is 2.41. The van der Waals surface area contributed by atoms with Gasteiger partial charge in [0, 0.05) is 16.2 Å². The van der Waals surface area contributed by atoms with Crippen LogP contribution in [0.15, 0.2) is 22.7 Å². The molecule has 0 heterocycles. The van der Waals surface area contributed by atoms with Crippen LogP contribution in [0.25, 0.3) is 0 Å². The first-order valence-electron chi connectivity index (χ1n) is 6.43. The number of nitrogens with one attached hydrogen (secondary N) is 1. The highest BCUT2D eigenvalue weighted by molar-refractivity contribution is 9.10. The van der Waals surface area contributed by atoms with Crippen molar-refractivity contribution in [2.75, 3.05) is 5.32 Å². The first-order valence-corrected chi connectivity index (χ1v) is 7.22. The van der Waals surface area contributed by atoms with E-state index in [2.05, 4.69) is 21.2 Å². The number of benzene rings is 1. The third kappa shape index (κ3) is 3.66. The minimum absolute atomic E-state index is 0.0536. The topological polar surface area (TPSA) is 35.8 Å². The largest absolute Gasteiger partial charge is 0.391 e. The van der Waals surface area contributed by atoms with Gasteiger partial charge in [-0.25, -0.2) is 0 Å². The Morgan fingerprint density at radius 2 is 1.85 bits per heavy atom. The summed E-state index contributed by atoms with van der Waals surface area (Å²) in [6.45, 7) is 0. The van der Waals surface area contributed by atoms with E-state index in [-0.39, 0.29) is 18.9 Å². The Morgan fingerprint density at radius 1 is 1.20 bits per heavy atom. The lowest BCUT2D eigenvalue weighted by atomic mass is 9.85. The summed E-state index contributed by atoms with van der Waals surface area (Å²) in [6, 6.07) is 7.26. The van der Waals surface area contributed by atoms with Gasteiger partial charge in [-0.1, -0.05) is 0 Å². The quantitative estimate of drug-likeness (QED) is 0.830. The zero-order chi connectivity index (χ0) is 14.8. The Balaban J connectivity index is 1.95. The van der Waals surface area contributed by atoms with Crippen LogP contribution in [0, 0.1) is 17.2 Å². The molecular formula is C14H14BrF3N2. The number of rotatable bonds is 2. The van der Waals surface area contributed by atoms with Gasteiger partial charge < -0.3 is 5.32 Å². The summed E-state index contributed by atoms with van der Waals surface area (Å²) in [5.74, 6) is -1.16. The molecule has 2 rings (SSSR count). The summed E-state index contributed by atoms with van der Waals surface area (Å²) in [4.78, 5) is 0. The van der Waals surface area contributed by atoms with Crippen molar-refractivity contribution < 1.29 is 13.2 Å². The second kappa shape index (κ2) is 6.04. The Morgan fingerprint density at radius 3 is 2.35 bits per heavy atom. The number of alkyl halides is 3. The van der Waals surface area contributed by atoms with Gasteiger partial charge in [-0.2, -0.15) is 18.4 Å². The van der Waals surface area contributed by atoms with Gasteiger partial charge in [0.25, 0.3) is 0 Å². The van der Waals surface area contributed by atoms with Gasteiger partial charge in [-0.15, -0.1) is 0 Å². The second-order valence-electron chi connectivity index (χ2n) is 5.04. The van der Waals surface area contributed by atoms with Crippen LogP contribution in [-0.2, 0) is 0 Å². The standard InChI is InChI=1S/C14H14BrF3N2/c15-12-7-9(8-19)1-6-13(12)20-11-4-2-10(3-5-11)14(16,17)18/h1,6-7,10-11,20H,2-5H2. The minimum Gasteiger partial charge on any atom is -0.381 e. The van der Waals surface area contributed by atoms with Gasteiger partial charge in [-0.3, -0.25) is 0 Å². The van der Waals surface area contributed by atoms with E-state index in [9.17, 15) is 13.2 Å². The van der Waals surface area contributed by atoms with Crippen molar-refractivity contribution in [3.8, 4) is 6.07 Å². The molecule has 0 amide bonds. The summed E-state index contributed by atoms with van der Waals surface area (Å²) in [7, 11) is 0. The lowest BCUT2D eigenvalue weighted by Crippen LogP contribution is -2.32. The number of hydrogen-bond donors (Lipinski definition) is 1. The van der Waals surface area contributed by atoms with E-state index in [4.69, 9.17) is 5.26 Å². The summed E-state index contributed by atoms with van der Waals surface area (Å²) < 4.78 is 38.5. The number of halogens is 4. The molecule has 1 saturated carbocycles. The number of hydrogen-bond acceptors (Lipinski definition) is 2. The van der Waals surface area contributed by atoms with Crippen molar-refractivity contribution in [1.82, 2.24) is 0 Å². The van der Waals surface area contributed by atoms with Crippen LogP contribution in [0.1, 0.15) is 31.2 Å². The van der Waals surface area contributed by atoms with Gasteiger partial charge in [0.1, 0.15) is 0 Å². The van der Waals surface area contributed by atoms with E-state index in [1.165, 1.54) is 0 Å². The third-order valence-corrected chi connectivity index (χ3v) is 4.30. The number of nitriles is 1. The smallest absolute Gasteiger partial charge is 0.381 e. The minimum atomic E-state index is -4.07. The van der Waals surface area contributed by atoms with Crippen LogP contribution in [0.5, 0.6) is 0 Å². The third-order valence-electron chi connectivity index (χ3n) is 3.65. The number of nitrogens with zero attached hydrogens (tertiary/aromatic N) is 1. The molecule has 1 aliphatic rings. The van der Waals surface area contributed by atoms with Crippen molar-refractivity contribution in [3.05, 3.63) is 28.2 Å². The Hall–Kier alpha value is -1.22. The molecule has 0 spiro atoms. The molecule has 1 aromatic carbocycles. The van der Waals surface area contributed by atoms with Crippen LogP contribution in [0.4, 0.5) is 18.9 Å². The van der Waals surface area contributed by atoms with Crippen LogP contribution < -0.4 is 5.32 Å². The lowest BCUT2D eigenvalue weighted by Gasteiger charge is -2.31. The van der Waals surface area contributed by atoms with E-state index in [1.807, 2.05) is 6.07 Å². The van der Waals surface area contributed by atoms with E-state index in [0.717, 1.165) is 10.2 Å². The fourth-order valence-corrected chi connectivity index (χ4v) is 2.98. The van der Waals surface area contributed by atoms with E-state index in [0.29, 0.717) is 18.4 Å².